The summed E-state index contributed by atoms with van der Waals surface area (Å²) in [4.78, 5) is 3.85. The molecule has 17 heavy (non-hydrogen) atoms. The molecule has 1 heterocycles. The van der Waals surface area contributed by atoms with Crippen molar-refractivity contribution in [2.45, 2.75) is 38.9 Å². The number of nitrogens with one attached hydrogen (secondary N) is 1. The van der Waals surface area contributed by atoms with Gasteiger partial charge in [0.15, 0.2) is 0 Å². The molecular formula is C11H16F3N3. The number of aromatic nitrogens is 1. The minimum absolute atomic E-state index is 0.143. The van der Waals surface area contributed by atoms with Crippen LogP contribution < -0.4 is 11.1 Å². The number of nitrogens with zero attached hydrogens (tertiary/aromatic N) is 1. The Hall–Kier alpha value is -1.46. The first kappa shape index (κ1) is 13.6. The molecule has 3 nitrogen and oxygen atoms in total. The van der Waals surface area contributed by atoms with Gasteiger partial charge in [0.2, 0.25) is 0 Å². The van der Waals surface area contributed by atoms with Gasteiger partial charge in [0, 0.05) is 5.54 Å². The van der Waals surface area contributed by atoms with Gasteiger partial charge in [-0.2, -0.15) is 13.2 Å². The third-order valence-corrected chi connectivity index (χ3v) is 2.52. The zero-order valence-corrected chi connectivity index (χ0v) is 10.0. The first-order valence-electron chi connectivity index (χ1n) is 5.27. The summed E-state index contributed by atoms with van der Waals surface area (Å²) in [5.74, 6) is -0.00148. The van der Waals surface area contributed by atoms with Crippen molar-refractivity contribution in [1.82, 2.24) is 4.98 Å². The summed E-state index contributed by atoms with van der Waals surface area (Å²) in [6.45, 7) is 5.69. The van der Waals surface area contributed by atoms with Crippen LogP contribution in [0.1, 0.15) is 32.8 Å². The van der Waals surface area contributed by atoms with Crippen molar-refractivity contribution in [1.29, 1.82) is 0 Å². The van der Waals surface area contributed by atoms with Gasteiger partial charge in [-0.25, -0.2) is 4.98 Å². The number of anilines is 2. The van der Waals surface area contributed by atoms with E-state index in [2.05, 4.69) is 10.3 Å². The fourth-order valence-electron chi connectivity index (χ4n) is 1.21. The Balaban J connectivity index is 3.06. The van der Waals surface area contributed by atoms with Gasteiger partial charge in [-0.1, -0.05) is 6.92 Å². The predicted molar refractivity (Wildman–Crippen MR) is 61.6 cm³/mol. The summed E-state index contributed by atoms with van der Waals surface area (Å²) < 4.78 is 37.7. The van der Waals surface area contributed by atoms with E-state index in [0.29, 0.717) is 0 Å². The molecule has 1 rings (SSSR count). The molecule has 6 heteroatoms. The van der Waals surface area contributed by atoms with E-state index in [1.54, 1.807) is 0 Å². The fourth-order valence-corrected chi connectivity index (χ4v) is 1.21. The molecule has 0 spiro atoms. The van der Waals surface area contributed by atoms with Gasteiger partial charge in [-0.05, 0) is 32.4 Å². The van der Waals surface area contributed by atoms with Crippen molar-refractivity contribution < 1.29 is 13.2 Å². The molecule has 0 unspecified atom stereocenters. The molecule has 0 atom stereocenters. The van der Waals surface area contributed by atoms with E-state index < -0.39 is 11.7 Å². The highest BCUT2D eigenvalue weighted by molar-refractivity contribution is 5.48. The monoisotopic (exact) mass is 247 g/mol. The van der Waals surface area contributed by atoms with Crippen LogP contribution in [-0.4, -0.2) is 10.5 Å². The number of alkyl halides is 3. The Kier molecular flexibility index (Phi) is 3.54. The average Bonchev–Trinajstić information content (AvgIpc) is 2.14. The molecule has 3 N–H and O–H groups in total. The Morgan fingerprint density at radius 1 is 1.29 bits per heavy atom. The second kappa shape index (κ2) is 4.43. The molecule has 0 amide bonds. The zero-order valence-electron chi connectivity index (χ0n) is 10.0. The minimum Gasteiger partial charge on any atom is -0.384 e. The van der Waals surface area contributed by atoms with Crippen LogP contribution in [0.3, 0.4) is 0 Å². The molecule has 0 aromatic carbocycles. The van der Waals surface area contributed by atoms with Crippen molar-refractivity contribution in [2.24, 2.45) is 0 Å². The molecule has 0 aliphatic rings. The third-order valence-electron chi connectivity index (χ3n) is 2.52. The summed E-state index contributed by atoms with van der Waals surface area (Å²) in [5.41, 5.74) is 4.24. The highest BCUT2D eigenvalue weighted by Gasteiger charge is 2.31. The van der Waals surface area contributed by atoms with Gasteiger partial charge in [0.1, 0.15) is 11.6 Å². The number of hydrogen-bond donors (Lipinski definition) is 2. The highest BCUT2D eigenvalue weighted by Crippen LogP contribution is 2.32. The fraction of sp³-hybridized carbons (Fsp3) is 0.545. The maximum absolute atomic E-state index is 12.6. The van der Waals surface area contributed by atoms with Gasteiger partial charge >= 0.3 is 6.18 Å². The molecular weight excluding hydrogens is 231 g/mol. The summed E-state index contributed by atoms with van der Waals surface area (Å²) in [7, 11) is 0. The van der Waals surface area contributed by atoms with E-state index in [0.717, 1.165) is 18.6 Å². The SMILES string of the molecule is CCC(C)(C)Nc1cc(C(F)(F)F)cc(N)n1. The average molecular weight is 247 g/mol. The van der Waals surface area contributed by atoms with E-state index >= 15 is 0 Å². The quantitative estimate of drug-likeness (QED) is 0.861. The number of nitrogens with two attached hydrogens (primary N) is 1. The molecule has 0 fully saturated rings. The lowest BCUT2D eigenvalue weighted by molar-refractivity contribution is -0.137. The first-order valence-corrected chi connectivity index (χ1v) is 5.27. The van der Waals surface area contributed by atoms with Crippen molar-refractivity contribution in [3.05, 3.63) is 17.7 Å². The maximum atomic E-state index is 12.6. The predicted octanol–water partition coefficient (Wildman–Crippen LogP) is 3.28. The second-order valence-electron chi connectivity index (χ2n) is 4.53. The van der Waals surface area contributed by atoms with Crippen LogP contribution >= 0.6 is 0 Å². The molecule has 0 aliphatic heterocycles. The van der Waals surface area contributed by atoms with Gasteiger partial charge in [-0.15, -0.1) is 0 Å². The lowest BCUT2D eigenvalue weighted by Gasteiger charge is -2.25. The van der Waals surface area contributed by atoms with Gasteiger partial charge in [0.05, 0.1) is 5.56 Å². The molecule has 1 aromatic heterocycles. The van der Waals surface area contributed by atoms with E-state index in [1.807, 2.05) is 20.8 Å². The number of hydrogen-bond acceptors (Lipinski definition) is 3. The number of rotatable bonds is 3. The number of pyridine rings is 1. The van der Waals surface area contributed by atoms with Gasteiger partial charge in [0.25, 0.3) is 0 Å². The van der Waals surface area contributed by atoms with Crippen LogP contribution in [0.2, 0.25) is 0 Å². The summed E-state index contributed by atoms with van der Waals surface area (Å²) in [6, 6.07) is 1.79. The van der Waals surface area contributed by atoms with Crippen molar-refractivity contribution in [2.75, 3.05) is 11.1 Å². The Labute approximate surface area is 98.2 Å². The van der Waals surface area contributed by atoms with E-state index in [4.69, 9.17) is 5.73 Å². The van der Waals surface area contributed by atoms with Crippen LogP contribution in [0.5, 0.6) is 0 Å². The zero-order chi connectivity index (χ0) is 13.3. The second-order valence-corrected chi connectivity index (χ2v) is 4.53. The van der Waals surface area contributed by atoms with Crippen LogP contribution in [0.25, 0.3) is 0 Å². The number of halogens is 3. The topological polar surface area (TPSA) is 50.9 Å². The van der Waals surface area contributed by atoms with Crippen molar-refractivity contribution in [3.63, 3.8) is 0 Å². The van der Waals surface area contributed by atoms with Crippen LogP contribution in [-0.2, 0) is 6.18 Å². The molecule has 0 aliphatic carbocycles. The molecule has 0 radical (unpaired) electrons. The van der Waals surface area contributed by atoms with Crippen LogP contribution in [0.15, 0.2) is 12.1 Å². The smallest absolute Gasteiger partial charge is 0.384 e. The molecule has 0 bridgehead atoms. The Morgan fingerprint density at radius 2 is 1.88 bits per heavy atom. The maximum Gasteiger partial charge on any atom is 0.416 e. The van der Waals surface area contributed by atoms with Gasteiger partial charge < -0.3 is 11.1 Å². The van der Waals surface area contributed by atoms with E-state index in [9.17, 15) is 13.2 Å². The number of nitrogen functional groups attached to an aromatic ring is 1. The first-order chi connectivity index (χ1) is 7.64. The van der Waals surface area contributed by atoms with Crippen LogP contribution in [0, 0.1) is 0 Å². The molecule has 0 saturated carbocycles. The highest BCUT2D eigenvalue weighted by atomic mass is 19.4. The van der Waals surface area contributed by atoms with Crippen molar-refractivity contribution >= 4 is 11.6 Å². The van der Waals surface area contributed by atoms with Crippen LogP contribution in [0.4, 0.5) is 24.8 Å². The summed E-state index contributed by atoms with van der Waals surface area (Å²) >= 11 is 0. The van der Waals surface area contributed by atoms with Crippen molar-refractivity contribution in [3.8, 4) is 0 Å². The Morgan fingerprint density at radius 3 is 2.35 bits per heavy atom. The standard InChI is InChI=1S/C11H16F3N3/c1-4-10(2,3)17-9-6-7(11(12,13)14)5-8(15)16-9/h5-6H,4H2,1-3H3,(H3,15,16,17). The summed E-state index contributed by atoms with van der Waals surface area (Å²) in [6.07, 6.45) is -3.66. The van der Waals surface area contributed by atoms with E-state index in [-0.39, 0.29) is 17.2 Å². The lowest BCUT2D eigenvalue weighted by atomic mass is 10.0. The van der Waals surface area contributed by atoms with Gasteiger partial charge in [-0.3, -0.25) is 0 Å². The normalized spacial score (nSPS) is 12.6. The largest absolute Gasteiger partial charge is 0.416 e. The molecule has 0 saturated heterocycles. The lowest BCUT2D eigenvalue weighted by Crippen LogP contribution is -2.30. The Bertz CT molecular complexity index is 399. The summed E-state index contributed by atoms with van der Waals surface area (Å²) in [5, 5.41) is 2.93. The van der Waals surface area contributed by atoms with E-state index in [1.165, 1.54) is 0 Å². The molecule has 96 valence electrons. The third kappa shape index (κ3) is 3.80. The minimum atomic E-state index is -4.41. The molecule has 1 aromatic rings.